The molecule has 1 fully saturated rings. The van der Waals surface area contributed by atoms with E-state index in [2.05, 4.69) is 26.3 Å². The van der Waals surface area contributed by atoms with Crippen LogP contribution < -0.4 is 10.6 Å². The van der Waals surface area contributed by atoms with Crippen LogP contribution in [0.25, 0.3) is 11.0 Å². The van der Waals surface area contributed by atoms with Crippen LogP contribution in [0.1, 0.15) is 36.0 Å². The zero-order chi connectivity index (χ0) is 20.4. The third kappa shape index (κ3) is 4.51. The van der Waals surface area contributed by atoms with Crippen molar-refractivity contribution in [2.45, 2.75) is 31.7 Å². The van der Waals surface area contributed by atoms with Crippen molar-refractivity contribution in [1.29, 1.82) is 0 Å². The molecule has 0 bridgehead atoms. The van der Waals surface area contributed by atoms with E-state index in [1.165, 1.54) is 0 Å². The number of hydrogen-bond donors (Lipinski definition) is 2. The maximum atomic E-state index is 12.5. The standard InChI is InChI=1S/C22H24Cl2N4O/c1-28-20-5-3-2-4-19(20)27-22(28)25-13-14-6-9-16(10-7-14)26-21(29)17-12-15(23)8-11-18(17)24/h2-5,8,11-12,14,16H,6-7,9-10,13H2,1H3,(H,25,27)(H,26,29)/t14-,16-. The molecule has 0 spiro atoms. The van der Waals surface area contributed by atoms with E-state index in [0.717, 1.165) is 49.2 Å². The van der Waals surface area contributed by atoms with E-state index in [-0.39, 0.29) is 11.9 Å². The number of benzene rings is 2. The third-order valence-corrected chi connectivity index (χ3v) is 6.26. The SMILES string of the molecule is Cn1c(NC[C@H]2CC[C@H](NC(=O)c3cc(Cl)ccc3Cl)CC2)nc2ccccc21. The maximum absolute atomic E-state index is 12.5. The van der Waals surface area contributed by atoms with Gasteiger partial charge in [-0.3, -0.25) is 4.79 Å². The number of halogens is 2. The molecule has 2 aromatic carbocycles. The van der Waals surface area contributed by atoms with Crippen molar-refractivity contribution < 1.29 is 4.79 Å². The Kier molecular flexibility index (Phi) is 5.97. The van der Waals surface area contributed by atoms with Crippen LogP contribution in [0.5, 0.6) is 0 Å². The lowest BCUT2D eigenvalue weighted by molar-refractivity contribution is 0.0923. The molecule has 0 saturated heterocycles. The number of nitrogens with one attached hydrogen (secondary N) is 2. The van der Waals surface area contributed by atoms with E-state index in [1.807, 2.05) is 25.2 Å². The second-order valence-corrected chi connectivity index (χ2v) is 8.52. The number of amides is 1. The third-order valence-electron chi connectivity index (χ3n) is 5.69. The molecule has 0 radical (unpaired) electrons. The fourth-order valence-electron chi connectivity index (χ4n) is 3.98. The van der Waals surface area contributed by atoms with Gasteiger partial charge in [0, 0.05) is 24.7 Å². The van der Waals surface area contributed by atoms with E-state index < -0.39 is 0 Å². The summed E-state index contributed by atoms with van der Waals surface area (Å²) in [6, 6.07) is 13.3. The van der Waals surface area contributed by atoms with Crippen LogP contribution in [-0.2, 0) is 7.05 Å². The van der Waals surface area contributed by atoms with Crippen molar-refractivity contribution in [2.24, 2.45) is 13.0 Å². The fraction of sp³-hybridized carbons (Fsp3) is 0.364. The largest absolute Gasteiger partial charge is 0.355 e. The minimum atomic E-state index is -0.154. The lowest BCUT2D eigenvalue weighted by Gasteiger charge is -2.29. The Balaban J connectivity index is 1.28. The molecule has 3 aromatic rings. The highest BCUT2D eigenvalue weighted by molar-refractivity contribution is 6.35. The number of aryl methyl sites for hydroxylation is 1. The van der Waals surface area contributed by atoms with Gasteiger partial charge in [0.1, 0.15) is 0 Å². The number of hydrogen-bond acceptors (Lipinski definition) is 3. The highest BCUT2D eigenvalue weighted by Crippen LogP contribution is 2.27. The summed E-state index contributed by atoms with van der Waals surface area (Å²) in [5.41, 5.74) is 2.56. The van der Waals surface area contributed by atoms with Gasteiger partial charge in [-0.15, -0.1) is 0 Å². The summed E-state index contributed by atoms with van der Waals surface area (Å²) in [6.45, 7) is 0.887. The Bertz CT molecular complexity index is 1020. The summed E-state index contributed by atoms with van der Waals surface area (Å²) in [4.78, 5) is 17.2. The van der Waals surface area contributed by atoms with Crippen molar-refractivity contribution in [2.75, 3.05) is 11.9 Å². The van der Waals surface area contributed by atoms with Gasteiger partial charge in [-0.05, 0) is 61.9 Å². The van der Waals surface area contributed by atoms with Crippen molar-refractivity contribution >= 4 is 46.1 Å². The summed E-state index contributed by atoms with van der Waals surface area (Å²) in [6.07, 6.45) is 4.04. The molecule has 1 aromatic heterocycles. The van der Waals surface area contributed by atoms with Gasteiger partial charge in [0.15, 0.2) is 0 Å². The van der Waals surface area contributed by atoms with Gasteiger partial charge in [0.25, 0.3) is 5.91 Å². The van der Waals surface area contributed by atoms with Crippen molar-refractivity contribution in [3.8, 4) is 0 Å². The van der Waals surface area contributed by atoms with E-state index in [4.69, 9.17) is 23.2 Å². The lowest BCUT2D eigenvalue weighted by Crippen LogP contribution is -2.38. The number of carbonyl (C=O) groups is 1. The van der Waals surface area contributed by atoms with Crippen LogP contribution in [0, 0.1) is 5.92 Å². The Morgan fingerprint density at radius 1 is 1.14 bits per heavy atom. The first kappa shape index (κ1) is 20.0. The Morgan fingerprint density at radius 3 is 2.66 bits per heavy atom. The first-order valence-corrected chi connectivity index (χ1v) is 10.7. The minimum Gasteiger partial charge on any atom is -0.355 e. The molecular weight excluding hydrogens is 407 g/mol. The molecule has 1 amide bonds. The highest BCUT2D eigenvalue weighted by Gasteiger charge is 2.24. The number of aromatic nitrogens is 2. The molecule has 0 atom stereocenters. The number of fused-ring (bicyclic) bond motifs is 1. The quantitative estimate of drug-likeness (QED) is 0.578. The molecule has 1 aliphatic rings. The highest BCUT2D eigenvalue weighted by atomic mass is 35.5. The van der Waals surface area contributed by atoms with Crippen LogP contribution >= 0.6 is 23.2 Å². The zero-order valence-corrected chi connectivity index (χ0v) is 17.8. The first-order chi connectivity index (χ1) is 14.0. The van der Waals surface area contributed by atoms with Gasteiger partial charge in [-0.2, -0.15) is 0 Å². The Hall–Kier alpha value is -2.24. The second-order valence-electron chi connectivity index (χ2n) is 7.68. The molecular formula is C22H24Cl2N4O. The number of nitrogens with zero attached hydrogens (tertiary/aromatic N) is 2. The number of carbonyl (C=O) groups excluding carboxylic acids is 1. The van der Waals surface area contributed by atoms with E-state index >= 15 is 0 Å². The average Bonchev–Trinajstić information content (AvgIpc) is 3.05. The zero-order valence-electron chi connectivity index (χ0n) is 16.3. The molecule has 1 aliphatic carbocycles. The van der Waals surface area contributed by atoms with Gasteiger partial charge in [0.05, 0.1) is 21.6 Å². The maximum Gasteiger partial charge on any atom is 0.253 e. The predicted octanol–water partition coefficient (Wildman–Crippen LogP) is 5.28. The normalized spacial score (nSPS) is 19.3. The summed E-state index contributed by atoms with van der Waals surface area (Å²) in [5, 5.41) is 7.54. The number of imidazole rings is 1. The molecule has 5 nitrogen and oxygen atoms in total. The topological polar surface area (TPSA) is 59.0 Å². The lowest BCUT2D eigenvalue weighted by atomic mass is 9.86. The van der Waals surface area contributed by atoms with Crippen LogP contribution in [-0.4, -0.2) is 28.0 Å². The molecule has 2 N–H and O–H groups in total. The van der Waals surface area contributed by atoms with Gasteiger partial charge in [0.2, 0.25) is 5.95 Å². The summed E-state index contributed by atoms with van der Waals surface area (Å²) in [7, 11) is 2.03. The first-order valence-electron chi connectivity index (χ1n) is 9.92. The van der Waals surface area contributed by atoms with Crippen LogP contribution in [0.15, 0.2) is 42.5 Å². The predicted molar refractivity (Wildman–Crippen MR) is 119 cm³/mol. The van der Waals surface area contributed by atoms with Crippen molar-refractivity contribution in [3.05, 3.63) is 58.1 Å². The number of rotatable bonds is 5. The van der Waals surface area contributed by atoms with Crippen LogP contribution in [0.2, 0.25) is 10.0 Å². The van der Waals surface area contributed by atoms with Gasteiger partial charge in [-0.25, -0.2) is 4.98 Å². The van der Waals surface area contributed by atoms with Crippen molar-refractivity contribution in [3.63, 3.8) is 0 Å². The molecule has 0 unspecified atom stereocenters. The smallest absolute Gasteiger partial charge is 0.253 e. The summed E-state index contributed by atoms with van der Waals surface area (Å²) >= 11 is 12.1. The molecule has 0 aliphatic heterocycles. The number of para-hydroxylation sites is 2. The van der Waals surface area contributed by atoms with E-state index in [9.17, 15) is 4.79 Å². The van der Waals surface area contributed by atoms with E-state index in [1.54, 1.807) is 18.2 Å². The molecule has 29 heavy (non-hydrogen) atoms. The van der Waals surface area contributed by atoms with Crippen LogP contribution in [0.4, 0.5) is 5.95 Å². The summed E-state index contributed by atoms with van der Waals surface area (Å²) in [5.74, 6) is 1.31. The summed E-state index contributed by atoms with van der Waals surface area (Å²) < 4.78 is 2.09. The monoisotopic (exact) mass is 430 g/mol. The van der Waals surface area contributed by atoms with Crippen LogP contribution in [0.3, 0.4) is 0 Å². The Morgan fingerprint density at radius 2 is 1.90 bits per heavy atom. The molecule has 152 valence electrons. The van der Waals surface area contributed by atoms with Gasteiger partial charge < -0.3 is 15.2 Å². The molecule has 1 heterocycles. The molecule has 7 heteroatoms. The van der Waals surface area contributed by atoms with Gasteiger partial charge >= 0.3 is 0 Å². The minimum absolute atomic E-state index is 0.154. The average molecular weight is 431 g/mol. The number of anilines is 1. The van der Waals surface area contributed by atoms with Crippen molar-refractivity contribution in [1.82, 2.24) is 14.9 Å². The fourth-order valence-corrected chi connectivity index (χ4v) is 4.36. The molecule has 4 rings (SSSR count). The Labute approximate surface area is 180 Å². The van der Waals surface area contributed by atoms with Gasteiger partial charge in [-0.1, -0.05) is 35.3 Å². The second kappa shape index (κ2) is 8.64. The van der Waals surface area contributed by atoms with E-state index in [0.29, 0.717) is 21.5 Å². The molecule has 1 saturated carbocycles.